The minimum absolute atomic E-state index is 0.0124. The Labute approximate surface area is 175 Å². The van der Waals surface area contributed by atoms with E-state index in [0.717, 1.165) is 0 Å². The first-order valence-corrected chi connectivity index (χ1v) is 10.9. The Morgan fingerprint density at radius 3 is 2.53 bits per heavy atom. The van der Waals surface area contributed by atoms with E-state index < -0.39 is 27.4 Å². The molecule has 30 heavy (non-hydrogen) atoms. The number of hydrogen-bond donors (Lipinski definition) is 2. The van der Waals surface area contributed by atoms with Crippen molar-refractivity contribution in [3.8, 4) is 5.75 Å². The zero-order chi connectivity index (χ0) is 21.7. The third kappa shape index (κ3) is 5.27. The van der Waals surface area contributed by atoms with Gasteiger partial charge in [0.05, 0.1) is 11.5 Å². The second-order valence-electron chi connectivity index (χ2n) is 5.79. The maximum Gasteiger partial charge on any atom is 0.291 e. The third-order valence-corrected chi connectivity index (χ3v) is 5.90. The van der Waals surface area contributed by atoms with Gasteiger partial charge in [-0.1, -0.05) is 17.4 Å². The number of anilines is 2. The average molecular weight is 454 g/mol. The number of halogens is 2. The predicted octanol–water partition coefficient (Wildman–Crippen LogP) is 3.93. The number of sulfonamides is 1. The molecule has 0 fully saturated rings. The van der Waals surface area contributed by atoms with Crippen LogP contribution in [0, 0.1) is 0 Å². The van der Waals surface area contributed by atoms with E-state index in [1.54, 1.807) is 24.3 Å². The first-order valence-electron chi connectivity index (χ1n) is 8.57. The molecule has 0 atom stereocenters. The Bertz CT molecular complexity index is 1140. The number of benzene rings is 2. The highest BCUT2D eigenvalue weighted by molar-refractivity contribution is 7.92. The molecule has 0 radical (unpaired) electrons. The fraction of sp³-hybridized carbons (Fsp3) is 0.167. The Balaban J connectivity index is 1.74. The molecule has 2 aromatic carbocycles. The van der Waals surface area contributed by atoms with Crippen molar-refractivity contribution in [1.29, 1.82) is 0 Å². The van der Waals surface area contributed by atoms with Crippen LogP contribution >= 0.6 is 11.3 Å². The lowest BCUT2D eigenvalue weighted by Gasteiger charge is -2.10. The second kappa shape index (κ2) is 9.13. The Morgan fingerprint density at radius 2 is 1.90 bits per heavy atom. The summed E-state index contributed by atoms with van der Waals surface area (Å²) in [5, 5.41) is 8.42. The Kier molecular flexibility index (Phi) is 6.57. The van der Waals surface area contributed by atoms with Crippen LogP contribution in [0.3, 0.4) is 0 Å². The van der Waals surface area contributed by atoms with Crippen LogP contribution in [-0.4, -0.2) is 31.1 Å². The van der Waals surface area contributed by atoms with E-state index in [-0.39, 0.29) is 15.6 Å². The lowest BCUT2D eigenvalue weighted by molar-refractivity contribution is 0.102. The number of alkyl halides is 2. The molecule has 1 amide bonds. The lowest BCUT2D eigenvalue weighted by atomic mass is 10.2. The number of aromatic nitrogens is 2. The number of carbonyl (C=O) groups is 1. The number of rotatable bonds is 8. The van der Waals surface area contributed by atoms with Crippen LogP contribution < -0.4 is 14.8 Å². The van der Waals surface area contributed by atoms with Crippen molar-refractivity contribution in [2.24, 2.45) is 0 Å². The molecule has 8 nitrogen and oxygen atoms in total. The molecule has 0 aliphatic rings. The van der Waals surface area contributed by atoms with Crippen molar-refractivity contribution in [2.75, 3.05) is 16.6 Å². The lowest BCUT2D eigenvalue weighted by Crippen LogP contribution is -2.16. The van der Waals surface area contributed by atoms with E-state index in [0.29, 0.717) is 29.4 Å². The van der Waals surface area contributed by atoms with Gasteiger partial charge in [0.25, 0.3) is 22.4 Å². The van der Waals surface area contributed by atoms with Crippen molar-refractivity contribution < 1.29 is 26.7 Å². The van der Waals surface area contributed by atoms with Crippen LogP contribution in [0.15, 0.2) is 53.4 Å². The topological polar surface area (TPSA) is 110 Å². The minimum atomic E-state index is -3.97. The molecular formula is C18H16F2N4O4S2. The standard InChI is InChI=1S/C18H16F2N4O4S2/c1-2-28-13-8-6-12(7-9-13)24-30(26,27)14-5-3-4-11(10-14)16(25)21-18-23-22-17(29-18)15(19)20/h3-10,15,24H,2H2,1H3,(H,21,23,25). The van der Waals surface area contributed by atoms with E-state index in [1.165, 1.54) is 24.3 Å². The van der Waals surface area contributed by atoms with Gasteiger partial charge >= 0.3 is 0 Å². The molecule has 158 valence electrons. The minimum Gasteiger partial charge on any atom is -0.494 e. The van der Waals surface area contributed by atoms with E-state index in [1.807, 2.05) is 6.92 Å². The van der Waals surface area contributed by atoms with Gasteiger partial charge in [-0.15, -0.1) is 10.2 Å². The van der Waals surface area contributed by atoms with Gasteiger partial charge in [0.1, 0.15) is 5.75 Å². The van der Waals surface area contributed by atoms with E-state index in [4.69, 9.17) is 4.74 Å². The molecule has 0 saturated heterocycles. The number of ether oxygens (including phenoxy) is 1. The monoisotopic (exact) mass is 454 g/mol. The summed E-state index contributed by atoms with van der Waals surface area (Å²) in [4.78, 5) is 12.2. The first kappa shape index (κ1) is 21.6. The van der Waals surface area contributed by atoms with Gasteiger partial charge in [-0.25, -0.2) is 17.2 Å². The highest BCUT2D eigenvalue weighted by Crippen LogP contribution is 2.26. The molecule has 2 N–H and O–H groups in total. The summed E-state index contributed by atoms with van der Waals surface area (Å²) in [6, 6.07) is 11.6. The molecule has 0 aliphatic carbocycles. The quantitative estimate of drug-likeness (QED) is 0.534. The molecule has 1 aromatic heterocycles. The fourth-order valence-corrected chi connectivity index (χ4v) is 4.05. The molecular weight excluding hydrogens is 438 g/mol. The van der Waals surface area contributed by atoms with Crippen molar-refractivity contribution in [3.05, 3.63) is 59.1 Å². The maximum absolute atomic E-state index is 12.6. The summed E-state index contributed by atoms with van der Waals surface area (Å²) >= 11 is 0.535. The SMILES string of the molecule is CCOc1ccc(NS(=O)(=O)c2cccc(C(=O)Nc3nnc(C(F)F)s3)c2)cc1. The summed E-state index contributed by atoms with van der Waals surface area (Å²) in [5.41, 5.74) is 0.333. The highest BCUT2D eigenvalue weighted by atomic mass is 32.2. The number of nitrogens with zero attached hydrogens (tertiary/aromatic N) is 2. The van der Waals surface area contributed by atoms with Gasteiger partial charge in [-0.05, 0) is 49.4 Å². The van der Waals surface area contributed by atoms with Crippen LogP contribution in [0.25, 0.3) is 0 Å². The maximum atomic E-state index is 12.6. The van der Waals surface area contributed by atoms with Gasteiger partial charge in [0.15, 0.2) is 5.01 Å². The van der Waals surface area contributed by atoms with E-state index >= 15 is 0 Å². The van der Waals surface area contributed by atoms with Gasteiger partial charge < -0.3 is 4.74 Å². The molecule has 0 aliphatic heterocycles. The van der Waals surface area contributed by atoms with Crippen LogP contribution in [0.1, 0.15) is 28.7 Å². The van der Waals surface area contributed by atoms with Crippen LogP contribution in [0.2, 0.25) is 0 Å². The van der Waals surface area contributed by atoms with Crippen LogP contribution in [0.5, 0.6) is 5.75 Å². The van der Waals surface area contributed by atoms with Crippen molar-refractivity contribution in [3.63, 3.8) is 0 Å². The summed E-state index contributed by atoms with van der Waals surface area (Å²) < 4.78 is 58.2. The molecule has 0 bridgehead atoms. The summed E-state index contributed by atoms with van der Waals surface area (Å²) in [5.74, 6) is -0.101. The number of hydrogen-bond acceptors (Lipinski definition) is 7. The van der Waals surface area contributed by atoms with Crippen molar-refractivity contribution in [2.45, 2.75) is 18.2 Å². The summed E-state index contributed by atoms with van der Waals surface area (Å²) in [7, 11) is -3.97. The van der Waals surface area contributed by atoms with E-state index in [9.17, 15) is 22.0 Å². The number of amides is 1. The van der Waals surface area contributed by atoms with Gasteiger partial charge in [0, 0.05) is 11.3 Å². The fourth-order valence-electron chi connectivity index (χ4n) is 2.35. The Morgan fingerprint density at radius 1 is 1.17 bits per heavy atom. The van der Waals surface area contributed by atoms with Crippen molar-refractivity contribution >= 4 is 38.1 Å². The van der Waals surface area contributed by atoms with E-state index in [2.05, 4.69) is 20.2 Å². The molecule has 1 heterocycles. The molecule has 3 rings (SSSR count). The molecule has 0 unspecified atom stereocenters. The second-order valence-corrected chi connectivity index (χ2v) is 8.48. The Hall–Kier alpha value is -3.12. The summed E-state index contributed by atoms with van der Waals surface area (Å²) in [6.45, 7) is 2.32. The van der Waals surface area contributed by atoms with Crippen molar-refractivity contribution in [1.82, 2.24) is 10.2 Å². The largest absolute Gasteiger partial charge is 0.494 e. The highest BCUT2D eigenvalue weighted by Gasteiger charge is 2.19. The molecule has 12 heteroatoms. The molecule has 0 spiro atoms. The predicted molar refractivity (Wildman–Crippen MR) is 108 cm³/mol. The molecule has 3 aromatic rings. The smallest absolute Gasteiger partial charge is 0.291 e. The number of carbonyl (C=O) groups excluding carboxylic acids is 1. The normalized spacial score (nSPS) is 11.3. The first-order chi connectivity index (χ1) is 14.3. The van der Waals surface area contributed by atoms with Gasteiger partial charge in [-0.2, -0.15) is 0 Å². The third-order valence-electron chi connectivity index (χ3n) is 3.67. The molecule has 0 saturated carbocycles. The summed E-state index contributed by atoms with van der Waals surface area (Å²) in [6.07, 6.45) is -2.80. The van der Waals surface area contributed by atoms with Gasteiger partial charge in [-0.3, -0.25) is 14.8 Å². The zero-order valence-electron chi connectivity index (χ0n) is 15.5. The van der Waals surface area contributed by atoms with Gasteiger partial charge in [0.2, 0.25) is 5.13 Å². The van der Waals surface area contributed by atoms with Crippen LogP contribution in [-0.2, 0) is 10.0 Å². The number of nitrogens with one attached hydrogen (secondary N) is 2. The van der Waals surface area contributed by atoms with Crippen LogP contribution in [0.4, 0.5) is 19.6 Å². The average Bonchev–Trinajstić information content (AvgIpc) is 3.18. The zero-order valence-corrected chi connectivity index (χ0v) is 17.1.